The number of nitrogens with zero attached hydrogens (tertiary/aromatic N) is 1. The number of methoxy groups -OCH3 is 2. The molecule has 5 nitrogen and oxygen atoms in total. The number of thiocarbonyl (C=S) groups is 1. The molecule has 2 N–H and O–H groups in total. The first kappa shape index (κ1) is 22.7. The lowest BCUT2D eigenvalue weighted by Crippen LogP contribution is -2.52. The molecular weight excluding hydrogens is 432 g/mol. The van der Waals surface area contributed by atoms with Crippen molar-refractivity contribution in [3.8, 4) is 11.5 Å². The topological polar surface area (TPSA) is 45.8 Å². The van der Waals surface area contributed by atoms with Gasteiger partial charge < -0.3 is 25.0 Å². The van der Waals surface area contributed by atoms with Gasteiger partial charge in [0.25, 0.3) is 0 Å². The van der Waals surface area contributed by atoms with Crippen molar-refractivity contribution in [3.63, 3.8) is 0 Å². The summed E-state index contributed by atoms with van der Waals surface area (Å²) in [5.41, 5.74) is 1.49. The number of anilines is 1. The van der Waals surface area contributed by atoms with Crippen LogP contribution in [-0.2, 0) is 5.41 Å². The molecule has 2 aromatic rings. The molecule has 1 saturated carbocycles. The van der Waals surface area contributed by atoms with Crippen molar-refractivity contribution in [1.29, 1.82) is 0 Å². The number of fused-ring (bicyclic) bond motifs is 1. The Kier molecular flexibility index (Phi) is 6.53. The van der Waals surface area contributed by atoms with E-state index in [4.69, 9.17) is 21.7 Å². The Morgan fingerprint density at radius 2 is 1.88 bits per heavy atom. The van der Waals surface area contributed by atoms with Crippen LogP contribution in [0, 0.1) is 11.6 Å². The number of likely N-dealkylation sites (tertiary alicyclic amines) is 1. The fourth-order valence-corrected chi connectivity index (χ4v) is 5.61. The maximum atomic E-state index is 14.0. The highest BCUT2D eigenvalue weighted by atomic mass is 32.1. The maximum Gasteiger partial charge on any atom is 0.171 e. The van der Waals surface area contributed by atoms with Crippen LogP contribution in [0.25, 0.3) is 0 Å². The highest BCUT2D eigenvalue weighted by Crippen LogP contribution is 2.49. The molecule has 3 atom stereocenters. The Labute approximate surface area is 193 Å². The lowest BCUT2D eigenvalue weighted by atomic mass is 9.65. The number of halogens is 2. The summed E-state index contributed by atoms with van der Waals surface area (Å²) in [6.45, 7) is 1.02. The Balaban J connectivity index is 1.48. The zero-order valence-corrected chi connectivity index (χ0v) is 19.4. The van der Waals surface area contributed by atoms with E-state index in [9.17, 15) is 8.78 Å². The Bertz CT molecular complexity index is 1010. The highest BCUT2D eigenvalue weighted by molar-refractivity contribution is 7.80. The molecule has 1 saturated heterocycles. The van der Waals surface area contributed by atoms with Crippen molar-refractivity contribution in [1.82, 2.24) is 10.2 Å². The van der Waals surface area contributed by atoms with Crippen LogP contribution in [0.2, 0.25) is 0 Å². The molecular formula is C24H29F2N3O2S. The van der Waals surface area contributed by atoms with Crippen LogP contribution >= 0.6 is 12.2 Å². The standard InChI is InChI=1S/C24H29F2N3O2S/c1-29-11-10-24(15-4-7-20(30-2)21(12-15)31-3)9-8-17(14-22(24)29)27-23(32)28-19-6-5-16(25)13-18(19)26/h4-7,12-13,17,22H,8-11,14H2,1-3H3,(H2,27,28,32)/t17-,22+,24+/m1/s1. The first-order valence-corrected chi connectivity index (χ1v) is 11.2. The number of hydrogen-bond donors (Lipinski definition) is 2. The monoisotopic (exact) mass is 461 g/mol. The van der Waals surface area contributed by atoms with Gasteiger partial charge >= 0.3 is 0 Å². The van der Waals surface area contributed by atoms with E-state index in [0.717, 1.165) is 49.8 Å². The van der Waals surface area contributed by atoms with Gasteiger partial charge in [0, 0.05) is 23.6 Å². The summed E-state index contributed by atoms with van der Waals surface area (Å²) in [6, 6.07) is 10.2. The van der Waals surface area contributed by atoms with Gasteiger partial charge in [-0.25, -0.2) is 8.78 Å². The molecule has 172 valence electrons. The van der Waals surface area contributed by atoms with Crippen LogP contribution in [0.5, 0.6) is 11.5 Å². The molecule has 1 aliphatic carbocycles. The van der Waals surface area contributed by atoms with E-state index in [0.29, 0.717) is 11.2 Å². The molecule has 4 rings (SSSR count). The third-order valence-electron chi connectivity index (χ3n) is 7.00. The van der Waals surface area contributed by atoms with Crippen LogP contribution < -0.4 is 20.1 Å². The van der Waals surface area contributed by atoms with Gasteiger partial charge in [-0.15, -0.1) is 0 Å². The zero-order chi connectivity index (χ0) is 22.9. The molecule has 2 aromatic carbocycles. The van der Waals surface area contributed by atoms with E-state index in [1.807, 2.05) is 6.07 Å². The highest BCUT2D eigenvalue weighted by Gasteiger charge is 2.50. The smallest absolute Gasteiger partial charge is 0.171 e. The summed E-state index contributed by atoms with van der Waals surface area (Å²) in [7, 11) is 5.48. The molecule has 0 spiro atoms. The minimum Gasteiger partial charge on any atom is -0.493 e. The SMILES string of the molecule is COc1ccc([C@@]23CC[C@@H](NC(=S)Nc4ccc(F)cc4F)C[C@@H]2N(C)CC3)cc1OC. The number of benzene rings is 2. The van der Waals surface area contributed by atoms with Crippen molar-refractivity contribution in [2.45, 2.75) is 43.2 Å². The van der Waals surface area contributed by atoms with E-state index in [1.165, 1.54) is 17.7 Å². The molecule has 0 aromatic heterocycles. The molecule has 0 bridgehead atoms. The fourth-order valence-electron chi connectivity index (χ4n) is 5.33. The van der Waals surface area contributed by atoms with E-state index < -0.39 is 11.6 Å². The maximum absolute atomic E-state index is 14.0. The van der Waals surface area contributed by atoms with Gasteiger partial charge in [-0.2, -0.15) is 0 Å². The molecule has 0 unspecified atom stereocenters. The molecule has 8 heteroatoms. The van der Waals surface area contributed by atoms with Gasteiger partial charge in [-0.3, -0.25) is 0 Å². The van der Waals surface area contributed by atoms with Gasteiger partial charge in [0.2, 0.25) is 0 Å². The van der Waals surface area contributed by atoms with Crippen molar-refractivity contribution in [3.05, 3.63) is 53.6 Å². The molecule has 32 heavy (non-hydrogen) atoms. The van der Waals surface area contributed by atoms with Gasteiger partial charge in [0.1, 0.15) is 11.6 Å². The van der Waals surface area contributed by atoms with Crippen molar-refractivity contribution >= 4 is 23.0 Å². The van der Waals surface area contributed by atoms with Crippen molar-refractivity contribution in [2.75, 3.05) is 33.1 Å². The van der Waals surface area contributed by atoms with Crippen LogP contribution in [0.15, 0.2) is 36.4 Å². The van der Waals surface area contributed by atoms with Gasteiger partial charge in [-0.05, 0) is 81.3 Å². The number of likely N-dealkylation sites (N-methyl/N-ethyl adjacent to an activating group) is 1. The predicted octanol–water partition coefficient (Wildman–Crippen LogP) is 4.46. The molecule has 0 amide bonds. The number of rotatable bonds is 5. The van der Waals surface area contributed by atoms with Crippen LogP contribution in [0.1, 0.15) is 31.2 Å². The number of ether oxygens (including phenoxy) is 2. The second-order valence-electron chi connectivity index (χ2n) is 8.67. The molecule has 2 aliphatic rings. The van der Waals surface area contributed by atoms with Crippen LogP contribution in [0.3, 0.4) is 0 Å². The van der Waals surface area contributed by atoms with Gasteiger partial charge in [0.15, 0.2) is 16.6 Å². The zero-order valence-electron chi connectivity index (χ0n) is 18.6. The van der Waals surface area contributed by atoms with Gasteiger partial charge in [0.05, 0.1) is 19.9 Å². The van der Waals surface area contributed by atoms with Gasteiger partial charge in [-0.1, -0.05) is 6.07 Å². The minimum atomic E-state index is -0.666. The predicted molar refractivity (Wildman–Crippen MR) is 126 cm³/mol. The molecule has 2 fully saturated rings. The van der Waals surface area contributed by atoms with E-state index in [2.05, 4.69) is 34.7 Å². The average molecular weight is 462 g/mol. The third kappa shape index (κ3) is 4.26. The largest absolute Gasteiger partial charge is 0.493 e. The second-order valence-corrected chi connectivity index (χ2v) is 9.07. The fraction of sp³-hybridized carbons (Fsp3) is 0.458. The Morgan fingerprint density at radius 3 is 2.59 bits per heavy atom. The summed E-state index contributed by atoms with van der Waals surface area (Å²) in [5.74, 6) is 0.200. The molecule has 1 aliphatic heterocycles. The second kappa shape index (κ2) is 9.19. The first-order valence-electron chi connectivity index (χ1n) is 10.8. The summed E-state index contributed by atoms with van der Waals surface area (Å²) >= 11 is 5.41. The van der Waals surface area contributed by atoms with Crippen molar-refractivity contribution < 1.29 is 18.3 Å². The van der Waals surface area contributed by atoms with E-state index in [1.54, 1.807) is 14.2 Å². The number of hydrogen-bond acceptors (Lipinski definition) is 4. The molecule has 0 radical (unpaired) electrons. The Hall–Kier alpha value is -2.45. The first-order chi connectivity index (χ1) is 15.4. The lowest BCUT2D eigenvalue weighted by molar-refractivity contribution is 0.161. The molecule has 1 heterocycles. The minimum absolute atomic E-state index is 0.0462. The van der Waals surface area contributed by atoms with Crippen LogP contribution in [-0.4, -0.2) is 49.9 Å². The quantitative estimate of drug-likeness (QED) is 0.641. The van der Waals surface area contributed by atoms with E-state index >= 15 is 0 Å². The summed E-state index contributed by atoms with van der Waals surface area (Å²) in [6.07, 6.45) is 3.94. The average Bonchev–Trinajstić information content (AvgIpc) is 3.12. The lowest BCUT2D eigenvalue weighted by Gasteiger charge is -2.45. The third-order valence-corrected chi connectivity index (χ3v) is 7.22. The normalized spacial score (nSPS) is 25.2. The summed E-state index contributed by atoms with van der Waals surface area (Å²) < 4.78 is 38.1. The Morgan fingerprint density at radius 1 is 1.09 bits per heavy atom. The summed E-state index contributed by atoms with van der Waals surface area (Å²) in [5, 5.41) is 6.55. The van der Waals surface area contributed by atoms with E-state index in [-0.39, 0.29) is 17.1 Å². The van der Waals surface area contributed by atoms with Crippen LogP contribution in [0.4, 0.5) is 14.5 Å². The van der Waals surface area contributed by atoms with Crippen molar-refractivity contribution in [2.24, 2.45) is 0 Å². The number of nitrogens with one attached hydrogen (secondary N) is 2. The summed E-state index contributed by atoms with van der Waals surface area (Å²) in [4.78, 5) is 2.42.